The summed E-state index contributed by atoms with van der Waals surface area (Å²) in [6, 6.07) is 4.00. The molecule has 1 aliphatic heterocycles. The van der Waals surface area contributed by atoms with Crippen LogP contribution in [0.2, 0.25) is 18.1 Å². The first-order valence-corrected chi connectivity index (χ1v) is 16.4. The van der Waals surface area contributed by atoms with Gasteiger partial charge in [0.2, 0.25) is 0 Å². The third-order valence-corrected chi connectivity index (χ3v) is 12.4. The van der Waals surface area contributed by atoms with Crippen LogP contribution >= 0.6 is 11.3 Å². The van der Waals surface area contributed by atoms with Crippen molar-refractivity contribution in [1.29, 1.82) is 0 Å². The highest BCUT2D eigenvalue weighted by Crippen LogP contribution is 2.41. The highest BCUT2D eigenvalue weighted by atomic mass is 32.1. The van der Waals surface area contributed by atoms with Crippen LogP contribution < -0.4 is 16.0 Å². The summed E-state index contributed by atoms with van der Waals surface area (Å²) in [5, 5.41) is 4.24. The number of alkyl carbamates (subject to hydrolysis) is 1. The van der Waals surface area contributed by atoms with E-state index in [0.717, 1.165) is 33.9 Å². The summed E-state index contributed by atoms with van der Waals surface area (Å²) in [7, 11) is 2.13. The summed E-state index contributed by atoms with van der Waals surface area (Å²) >= 11 is 1.70. The number of thiazole rings is 1. The molecule has 0 aliphatic carbocycles. The Morgan fingerprint density at radius 1 is 1.25 bits per heavy atom. The molecule has 1 aromatic heterocycles. The van der Waals surface area contributed by atoms with Gasteiger partial charge < -0.3 is 30.0 Å². The highest BCUT2D eigenvalue weighted by Gasteiger charge is 2.41. The van der Waals surface area contributed by atoms with Crippen LogP contribution in [0.15, 0.2) is 12.1 Å². The van der Waals surface area contributed by atoms with Gasteiger partial charge in [-0.05, 0) is 71.6 Å². The Labute approximate surface area is 221 Å². The van der Waals surface area contributed by atoms with Crippen molar-refractivity contribution in [3.63, 3.8) is 0 Å². The van der Waals surface area contributed by atoms with E-state index in [2.05, 4.69) is 55.0 Å². The van der Waals surface area contributed by atoms with Gasteiger partial charge in [0, 0.05) is 13.1 Å². The van der Waals surface area contributed by atoms with Gasteiger partial charge in [-0.1, -0.05) is 20.8 Å². The second-order valence-corrected chi connectivity index (χ2v) is 18.6. The number of fused-ring (bicyclic) bond motifs is 1. The minimum absolute atomic E-state index is 0.0611. The standard InChI is InChI=1S/C26H45N5O3SSi/c1-25(2,3)34-24(32)28-17-13-18(16-33-36(9,10)26(4,5)6)31(14-17)23-19(27)11-12-20-22(23)29-21(35-20)15-30(7)8/h11-12,17-18H,13-16,27H2,1-10H3,(H,28,32)/t17-,18+/m1/s1. The molecular weight excluding hydrogens is 490 g/mol. The van der Waals surface area contributed by atoms with Crippen LogP contribution in [0.1, 0.15) is 53.0 Å². The van der Waals surface area contributed by atoms with Gasteiger partial charge in [0.25, 0.3) is 0 Å². The predicted octanol–water partition coefficient (Wildman–Crippen LogP) is 5.43. The number of hydrogen-bond donors (Lipinski definition) is 2. The lowest BCUT2D eigenvalue weighted by atomic mass is 10.1. The smallest absolute Gasteiger partial charge is 0.407 e. The van der Waals surface area contributed by atoms with Crippen LogP contribution in [0.5, 0.6) is 0 Å². The molecule has 8 nitrogen and oxygen atoms in total. The van der Waals surface area contributed by atoms with Crippen LogP contribution in [0.3, 0.4) is 0 Å². The van der Waals surface area contributed by atoms with Crippen molar-refractivity contribution >= 4 is 47.3 Å². The first-order chi connectivity index (χ1) is 16.5. The van der Waals surface area contributed by atoms with E-state index in [4.69, 9.17) is 19.9 Å². The van der Waals surface area contributed by atoms with Gasteiger partial charge in [-0.2, -0.15) is 0 Å². The third-order valence-electron chi connectivity index (χ3n) is 6.93. The maximum absolute atomic E-state index is 12.6. The Morgan fingerprint density at radius 2 is 1.92 bits per heavy atom. The second-order valence-electron chi connectivity index (χ2n) is 12.7. The average Bonchev–Trinajstić information content (AvgIpc) is 3.26. The molecule has 1 fully saturated rings. The van der Waals surface area contributed by atoms with E-state index < -0.39 is 20.0 Å². The van der Waals surface area contributed by atoms with Gasteiger partial charge in [-0.25, -0.2) is 9.78 Å². The van der Waals surface area contributed by atoms with Crippen molar-refractivity contribution in [1.82, 2.24) is 15.2 Å². The molecule has 202 valence electrons. The molecule has 0 bridgehead atoms. The lowest BCUT2D eigenvalue weighted by molar-refractivity contribution is 0.0507. The summed E-state index contributed by atoms with van der Waals surface area (Å²) in [6.07, 6.45) is 0.352. The van der Waals surface area contributed by atoms with Crippen LogP contribution in [0, 0.1) is 0 Å². The summed E-state index contributed by atoms with van der Waals surface area (Å²) in [5.74, 6) is 0. The van der Waals surface area contributed by atoms with E-state index in [1.807, 2.05) is 40.9 Å². The number of anilines is 2. The molecule has 3 rings (SSSR count). The second kappa shape index (κ2) is 10.5. The fraction of sp³-hybridized carbons (Fsp3) is 0.692. The van der Waals surface area contributed by atoms with E-state index in [1.54, 1.807) is 11.3 Å². The fourth-order valence-electron chi connectivity index (χ4n) is 4.13. The number of hydrogen-bond acceptors (Lipinski definition) is 8. The summed E-state index contributed by atoms with van der Waals surface area (Å²) in [5.41, 5.74) is 8.59. The lowest BCUT2D eigenvalue weighted by Crippen LogP contribution is -2.45. The maximum atomic E-state index is 12.6. The van der Waals surface area contributed by atoms with E-state index >= 15 is 0 Å². The van der Waals surface area contributed by atoms with Crippen molar-refractivity contribution in [2.75, 3.05) is 37.9 Å². The number of nitrogens with zero attached hydrogens (tertiary/aromatic N) is 3. The Hall–Kier alpha value is -1.88. The largest absolute Gasteiger partial charge is 0.444 e. The zero-order valence-corrected chi connectivity index (χ0v) is 25.5. The van der Waals surface area contributed by atoms with E-state index in [9.17, 15) is 4.79 Å². The van der Waals surface area contributed by atoms with E-state index in [-0.39, 0.29) is 17.1 Å². The van der Waals surface area contributed by atoms with Crippen molar-refractivity contribution in [2.45, 2.75) is 90.3 Å². The Balaban J connectivity index is 1.94. The molecular formula is C26H45N5O3SSi. The first kappa shape index (κ1) is 28.7. The molecule has 1 aliphatic rings. The van der Waals surface area contributed by atoms with Crippen LogP contribution in [-0.4, -0.2) is 69.2 Å². The van der Waals surface area contributed by atoms with Gasteiger partial charge in [0.15, 0.2) is 8.32 Å². The number of nitrogens with two attached hydrogens (primary N) is 1. The number of rotatable bonds is 7. The van der Waals surface area contributed by atoms with E-state index in [0.29, 0.717) is 18.8 Å². The molecule has 3 N–H and O–H groups in total. The molecule has 0 spiro atoms. The topological polar surface area (TPSA) is 93.0 Å². The van der Waals surface area contributed by atoms with Crippen LogP contribution in [-0.2, 0) is 15.7 Å². The molecule has 10 heteroatoms. The van der Waals surface area contributed by atoms with Gasteiger partial charge in [0.1, 0.15) is 16.1 Å². The van der Waals surface area contributed by atoms with Gasteiger partial charge in [-0.15, -0.1) is 11.3 Å². The SMILES string of the molecule is CN(C)Cc1nc2c(N3C[C@H](NC(=O)OC(C)(C)C)C[C@H]3CO[Si](C)(C)C(C)(C)C)c(N)ccc2s1. The van der Waals surface area contributed by atoms with Crippen LogP contribution in [0.25, 0.3) is 10.2 Å². The number of carbonyl (C=O) groups is 1. The molecule has 2 atom stereocenters. The average molecular weight is 536 g/mol. The van der Waals surface area contributed by atoms with Gasteiger partial charge in [0.05, 0.1) is 34.8 Å². The number of nitrogen functional groups attached to an aromatic ring is 1. The molecule has 0 unspecified atom stereocenters. The number of carbonyl (C=O) groups excluding carboxylic acids is 1. The molecule has 2 aromatic rings. The van der Waals surface area contributed by atoms with Crippen LogP contribution in [0.4, 0.5) is 16.2 Å². The molecule has 0 radical (unpaired) electrons. The summed E-state index contributed by atoms with van der Waals surface area (Å²) < 4.78 is 13.3. The van der Waals surface area contributed by atoms with E-state index in [1.165, 1.54) is 0 Å². The third kappa shape index (κ3) is 6.90. The maximum Gasteiger partial charge on any atom is 0.407 e. The zero-order valence-electron chi connectivity index (χ0n) is 23.7. The number of amides is 1. The Kier molecular flexibility index (Phi) is 8.34. The van der Waals surface area contributed by atoms with Gasteiger partial charge in [-0.3, -0.25) is 0 Å². The van der Waals surface area contributed by atoms with Gasteiger partial charge >= 0.3 is 6.09 Å². The Morgan fingerprint density at radius 3 is 2.50 bits per heavy atom. The molecule has 1 aromatic carbocycles. The monoisotopic (exact) mass is 535 g/mol. The molecule has 2 heterocycles. The number of nitrogens with one attached hydrogen (secondary N) is 1. The quantitative estimate of drug-likeness (QED) is 0.360. The minimum Gasteiger partial charge on any atom is -0.444 e. The number of benzene rings is 1. The molecule has 0 saturated carbocycles. The molecule has 1 amide bonds. The highest BCUT2D eigenvalue weighted by molar-refractivity contribution is 7.18. The minimum atomic E-state index is -1.96. The van der Waals surface area contributed by atoms with Crippen molar-refractivity contribution in [3.05, 3.63) is 17.1 Å². The molecule has 1 saturated heterocycles. The summed E-state index contributed by atoms with van der Waals surface area (Å²) in [4.78, 5) is 22.0. The fourth-order valence-corrected chi connectivity index (χ4v) is 6.26. The number of aromatic nitrogens is 1. The lowest BCUT2D eigenvalue weighted by Gasteiger charge is -2.38. The van der Waals surface area contributed by atoms with Crippen molar-refractivity contribution in [3.8, 4) is 0 Å². The zero-order chi connectivity index (χ0) is 27.1. The number of ether oxygens (including phenoxy) is 1. The summed E-state index contributed by atoms with van der Waals surface area (Å²) in [6.45, 7) is 18.9. The predicted molar refractivity (Wildman–Crippen MR) is 153 cm³/mol. The first-order valence-electron chi connectivity index (χ1n) is 12.7. The van der Waals surface area contributed by atoms with Crippen molar-refractivity contribution in [2.24, 2.45) is 0 Å². The van der Waals surface area contributed by atoms with Crippen molar-refractivity contribution < 1.29 is 14.0 Å². The normalized spacial score (nSPS) is 19.4. The Bertz CT molecular complexity index is 1070. The molecule has 36 heavy (non-hydrogen) atoms.